The molecule has 0 aliphatic carbocycles. The van der Waals surface area contributed by atoms with Crippen molar-refractivity contribution < 1.29 is 19.0 Å². The molecule has 1 aromatic heterocycles. The minimum atomic E-state index is -1.09. The summed E-state index contributed by atoms with van der Waals surface area (Å²) in [6.45, 7) is 1.76. The van der Waals surface area contributed by atoms with Gasteiger partial charge in [-0.2, -0.15) is 5.10 Å². The highest BCUT2D eigenvalue weighted by molar-refractivity contribution is 5.88. The number of carboxylic acid groups (broad SMARTS) is 1. The van der Waals surface area contributed by atoms with Crippen LogP contribution in [0.5, 0.6) is 5.75 Å². The van der Waals surface area contributed by atoms with Gasteiger partial charge in [-0.3, -0.25) is 4.68 Å². The van der Waals surface area contributed by atoms with Gasteiger partial charge in [0.15, 0.2) is 11.6 Å². The maximum Gasteiger partial charge on any atom is 0.339 e. The molecule has 0 aliphatic rings. The first kappa shape index (κ1) is 13.1. The number of rotatable bonds is 4. The second-order valence-corrected chi connectivity index (χ2v) is 4.16. The third kappa shape index (κ3) is 2.73. The quantitative estimate of drug-likeness (QED) is 0.919. The number of nitrogens with zero attached hydrogens (tertiary/aromatic N) is 2. The van der Waals surface area contributed by atoms with Crippen LogP contribution in [0.2, 0.25) is 0 Å². The maximum absolute atomic E-state index is 13.5. The predicted molar refractivity (Wildman–Crippen MR) is 65.6 cm³/mol. The molecule has 2 rings (SSSR count). The molecule has 19 heavy (non-hydrogen) atoms. The van der Waals surface area contributed by atoms with Crippen molar-refractivity contribution in [1.29, 1.82) is 0 Å². The van der Waals surface area contributed by atoms with E-state index in [0.717, 1.165) is 5.56 Å². The second kappa shape index (κ2) is 5.09. The van der Waals surface area contributed by atoms with Crippen molar-refractivity contribution >= 4 is 5.97 Å². The molecule has 0 radical (unpaired) electrons. The van der Waals surface area contributed by atoms with Crippen molar-refractivity contribution in [2.24, 2.45) is 7.05 Å². The molecular formula is C13H13FN2O3. The molecule has 6 heteroatoms. The summed E-state index contributed by atoms with van der Waals surface area (Å²) < 4.78 is 20.2. The first-order chi connectivity index (χ1) is 8.99. The van der Waals surface area contributed by atoms with Gasteiger partial charge in [-0.05, 0) is 24.6 Å². The zero-order valence-electron chi connectivity index (χ0n) is 10.6. The highest BCUT2D eigenvalue weighted by atomic mass is 19.1. The molecule has 1 aromatic carbocycles. The van der Waals surface area contributed by atoms with Crippen LogP contribution in [0.1, 0.15) is 21.6 Å². The number of aryl methyl sites for hydroxylation is 2. The average Bonchev–Trinajstić information content (AvgIpc) is 2.72. The van der Waals surface area contributed by atoms with Gasteiger partial charge < -0.3 is 9.84 Å². The van der Waals surface area contributed by atoms with Crippen LogP contribution in [-0.4, -0.2) is 20.9 Å². The van der Waals surface area contributed by atoms with Crippen LogP contribution in [0, 0.1) is 12.7 Å². The molecular weight excluding hydrogens is 251 g/mol. The summed E-state index contributed by atoms with van der Waals surface area (Å²) in [5.41, 5.74) is 1.30. The molecule has 2 aromatic rings. The van der Waals surface area contributed by atoms with Crippen molar-refractivity contribution in [3.05, 3.63) is 47.0 Å². The number of ether oxygens (including phenoxy) is 1. The van der Waals surface area contributed by atoms with Crippen molar-refractivity contribution in [2.45, 2.75) is 13.5 Å². The van der Waals surface area contributed by atoms with E-state index in [1.807, 2.05) is 6.92 Å². The summed E-state index contributed by atoms with van der Waals surface area (Å²) in [4.78, 5) is 11.0. The molecule has 0 fully saturated rings. The van der Waals surface area contributed by atoms with Gasteiger partial charge in [-0.15, -0.1) is 0 Å². The number of benzene rings is 1. The molecule has 0 amide bonds. The lowest BCUT2D eigenvalue weighted by Crippen LogP contribution is -2.09. The number of halogens is 1. The van der Waals surface area contributed by atoms with Gasteiger partial charge >= 0.3 is 5.97 Å². The highest BCUT2D eigenvalue weighted by Crippen LogP contribution is 2.20. The summed E-state index contributed by atoms with van der Waals surface area (Å²) in [5.74, 6) is -1.47. The standard InChI is InChI=1S/C13H13FN2O3/c1-8-3-4-10(14)12(5-8)19-7-11-9(13(17)18)6-15-16(11)2/h3-6H,7H2,1-2H3,(H,17,18). The fraction of sp³-hybridized carbons (Fsp3) is 0.231. The van der Waals surface area contributed by atoms with Gasteiger partial charge in [-0.25, -0.2) is 9.18 Å². The van der Waals surface area contributed by atoms with E-state index in [2.05, 4.69) is 5.10 Å². The Morgan fingerprint density at radius 3 is 2.95 bits per heavy atom. The van der Waals surface area contributed by atoms with Crippen LogP contribution in [0.4, 0.5) is 4.39 Å². The molecule has 100 valence electrons. The number of carbonyl (C=O) groups is 1. The fourth-order valence-electron chi connectivity index (χ4n) is 1.68. The molecule has 0 saturated heterocycles. The van der Waals surface area contributed by atoms with E-state index in [0.29, 0.717) is 5.69 Å². The lowest BCUT2D eigenvalue weighted by atomic mass is 10.2. The van der Waals surface area contributed by atoms with Crippen LogP contribution < -0.4 is 4.74 Å². The second-order valence-electron chi connectivity index (χ2n) is 4.16. The average molecular weight is 264 g/mol. The predicted octanol–water partition coefficient (Wildman–Crippen LogP) is 2.14. The van der Waals surface area contributed by atoms with Gasteiger partial charge in [0.25, 0.3) is 0 Å². The molecule has 5 nitrogen and oxygen atoms in total. The molecule has 0 unspecified atom stereocenters. The van der Waals surface area contributed by atoms with Crippen molar-refractivity contribution in [2.75, 3.05) is 0 Å². The monoisotopic (exact) mass is 264 g/mol. The third-order valence-corrected chi connectivity index (χ3v) is 2.74. The SMILES string of the molecule is Cc1ccc(F)c(OCc2c(C(=O)O)cnn2C)c1. The molecule has 1 heterocycles. The Morgan fingerprint density at radius 1 is 1.53 bits per heavy atom. The van der Waals surface area contributed by atoms with E-state index in [-0.39, 0.29) is 17.9 Å². The summed E-state index contributed by atoms with van der Waals surface area (Å²) in [7, 11) is 1.61. The van der Waals surface area contributed by atoms with Crippen LogP contribution >= 0.6 is 0 Å². The van der Waals surface area contributed by atoms with Crippen molar-refractivity contribution in [3.63, 3.8) is 0 Å². The molecule has 1 N–H and O–H groups in total. The Morgan fingerprint density at radius 2 is 2.26 bits per heavy atom. The Kier molecular flexibility index (Phi) is 3.50. The van der Waals surface area contributed by atoms with Gasteiger partial charge in [0, 0.05) is 7.05 Å². The van der Waals surface area contributed by atoms with Gasteiger partial charge in [0.2, 0.25) is 0 Å². The van der Waals surface area contributed by atoms with Crippen LogP contribution in [-0.2, 0) is 13.7 Å². The van der Waals surface area contributed by atoms with Crippen molar-refractivity contribution in [3.8, 4) is 5.75 Å². The minimum absolute atomic E-state index is 0.0514. The summed E-state index contributed by atoms with van der Waals surface area (Å²) in [5, 5.41) is 12.8. The fourth-order valence-corrected chi connectivity index (χ4v) is 1.68. The lowest BCUT2D eigenvalue weighted by molar-refractivity contribution is 0.0693. The summed E-state index contributed by atoms with van der Waals surface area (Å²) in [6.07, 6.45) is 1.24. The Bertz CT molecular complexity index is 622. The van der Waals surface area contributed by atoms with E-state index in [1.54, 1.807) is 19.2 Å². The van der Waals surface area contributed by atoms with Crippen LogP contribution in [0.15, 0.2) is 24.4 Å². The van der Waals surface area contributed by atoms with Gasteiger partial charge in [-0.1, -0.05) is 6.07 Å². The molecule has 0 aliphatic heterocycles. The zero-order chi connectivity index (χ0) is 14.0. The first-order valence-electron chi connectivity index (χ1n) is 5.62. The Labute approximate surface area is 109 Å². The third-order valence-electron chi connectivity index (χ3n) is 2.74. The molecule has 0 atom stereocenters. The van der Waals surface area contributed by atoms with E-state index < -0.39 is 11.8 Å². The minimum Gasteiger partial charge on any atom is -0.484 e. The van der Waals surface area contributed by atoms with Crippen molar-refractivity contribution in [1.82, 2.24) is 9.78 Å². The van der Waals surface area contributed by atoms with Crippen LogP contribution in [0.25, 0.3) is 0 Å². The molecule has 0 spiro atoms. The summed E-state index contributed by atoms with van der Waals surface area (Å²) in [6, 6.07) is 4.51. The lowest BCUT2D eigenvalue weighted by Gasteiger charge is -2.09. The Balaban J connectivity index is 2.21. The van der Waals surface area contributed by atoms with Crippen LogP contribution in [0.3, 0.4) is 0 Å². The van der Waals surface area contributed by atoms with Gasteiger partial charge in [0.1, 0.15) is 12.2 Å². The zero-order valence-corrected chi connectivity index (χ0v) is 10.6. The smallest absolute Gasteiger partial charge is 0.339 e. The number of hydrogen-bond acceptors (Lipinski definition) is 3. The Hall–Kier alpha value is -2.37. The molecule has 0 saturated carbocycles. The first-order valence-corrected chi connectivity index (χ1v) is 5.62. The van der Waals surface area contributed by atoms with E-state index in [4.69, 9.17) is 9.84 Å². The largest absolute Gasteiger partial charge is 0.484 e. The highest BCUT2D eigenvalue weighted by Gasteiger charge is 2.16. The molecule has 0 bridgehead atoms. The van der Waals surface area contributed by atoms with E-state index >= 15 is 0 Å². The van der Waals surface area contributed by atoms with Gasteiger partial charge in [0.05, 0.1) is 11.9 Å². The normalized spacial score (nSPS) is 10.5. The number of hydrogen-bond donors (Lipinski definition) is 1. The summed E-state index contributed by atoms with van der Waals surface area (Å²) >= 11 is 0. The maximum atomic E-state index is 13.5. The van der Waals surface area contributed by atoms with E-state index in [9.17, 15) is 9.18 Å². The number of aromatic carboxylic acids is 1. The topological polar surface area (TPSA) is 64.3 Å². The number of aromatic nitrogens is 2. The number of carboxylic acids is 1. The van der Waals surface area contributed by atoms with E-state index in [1.165, 1.54) is 16.9 Å².